The predicted molar refractivity (Wildman–Crippen MR) is 82.4 cm³/mol. The van der Waals surface area contributed by atoms with Crippen LogP contribution < -0.4 is 16.4 Å². The Hall–Kier alpha value is -2.89. The van der Waals surface area contributed by atoms with Gasteiger partial charge in [0, 0.05) is 19.4 Å². The van der Waals surface area contributed by atoms with Gasteiger partial charge < -0.3 is 21.5 Å². The zero-order valence-electron chi connectivity index (χ0n) is 13.3. The van der Waals surface area contributed by atoms with E-state index in [0.717, 1.165) is 0 Å². The van der Waals surface area contributed by atoms with Gasteiger partial charge in [-0.1, -0.05) is 0 Å². The molecule has 0 aliphatic heterocycles. The molecule has 0 aromatic carbocycles. The molecular formula is C13H16F3N7O2. The maximum atomic E-state index is 12.8. The molecule has 1 atom stereocenters. The average molecular weight is 359 g/mol. The molecule has 0 radical (unpaired) electrons. The molecule has 136 valence electrons. The lowest BCUT2D eigenvalue weighted by Crippen LogP contribution is -2.34. The standard InChI is InChI=1S/C13H16F3N7O2/c1-6-9(5-23(22-6)4-8(17)11(24)25)20-12-19-3-7(13(14,15)16)10(18-2)21-12/h3,5,8H,4,17H2,1-2H3,(H,24,25)(H2,18,19,20,21). The quantitative estimate of drug-likeness (QED) is 0.605. The van der Waals surface area contributed by atoms with Crippen LogP contribution in [0.15, 0.2) is 12.4 Å². The third kappa shape index (κ3) is 4.35. The van der Waals surface area contributed by atoms with Crippen molar-refractivity contribution < 1.29 is 23.1 Å². The van der Waals surface area contributed by atoms with Crippen LogP contribution >= 0.6 is 0 Å². The molecule has 2 aromatic rings. The van der Waals surface area contributed by atoms with Crippen LogP contribution in [-0.2, 0) is 17.5 Å². The van der Waals surface area contributed by atoms with Gasteiger partial charge in [0.15, 0.2) is 0 Å². The van der Waals surface area contributed by atoms with Crippen LogP contribution in [0.4, 0.5) is 30.6 Å². The lowest BCUT2D eigenvalue weighted by Gasteiger charge is -2.12. The first kappa shape index (κ1) is 18.4. The SMILES string of the molecule is CNc1nc(Nc2cn(CC(N)C(=O)O)nc2C)ncc1C(F)(F)F. The summed E-state index contributed by atoms with van der Waals surface area (Å²) in [6.07, 6.45) is -2.44. The number of carboxylic acid groups (broad SMARTS) is 1. The number of carboxylic acids is 1. The average Bonchev–Trinajstić information content (AvgIpc) is 2.85. The fourth-order valence-corrected chi connectivity index (χ4v) is 1.97. The molecule has 0 aliphatic rings. The molecule has 0 aliphatic carbocycles. The van der Waals surface area contributed by atoms with Crippen molar-refractivity contribution in [2.24, 2.45) is 5.73 Å². The molecule has 2 heterocycles. The van der Waals surface area contributed by atoms with Crippen LogP contribution in [0.25, 0.3) is 0 Å². The van der Waals surface area contributed by atoms with Crippen LogP contribution in [0.5, 0.6) is 0 Å². The van der Waals surface area contributed by atoms with Gasteiger partial charge in [0.05, 0.1) is 17.9 Å². The van der Waals surface area contributed by atoms with Crippen molar-refractivity contribution in [1.82, 2.24) is 19.7 Å². The first-order valence-electron chi connectivity index (χ1n) is 7.03. The van der Waals surface area contributed by atoms with Crippen LogP contribution in [0.1, 0.15) is 11.3 Å². The fourth-order valence-electron chi connectivity index (χ4n) is 1.97. The maximum absolute atomic E-state index is 12.8. The molecule has 0 spiro atoms. The molecular weight excluding hydrogens is 343 g/mol. The molecule has 0 bridgehead atoms. The fraction of sp³-hybridized carbons (Fsp3) is 0.385. The summed E-state index contributed by atoms with van der Waals surface area (Å²) in [6.45, 7) is 1.57. The Balaban J connectivity index is 2.22. The highest BCUT2D eigenvalue weighted by Gasteiger charge is 2.35. The van der Waals surface area contributed by atoms with Gasteiger partial charge in [-0.2, -0.15) is 23.3 Å². The summed E-state index contributed by atoms with van der Waals surface area (Å²) in [5.41, 5.74) is 5.34. The van der Waals surface area contributed by atoms with Crippen molar-refractivity contribution in [2.45, 2.75) is 25.7 Å². The minimum atomic E-state index is -4.58. The summed E-state index contributed by atoms with van der Waals surface area (Å²) in [7, 11) is 1.32. The first-order chi connectivity index (χ1) is 11.6. The van der Waals surface area contributed by atoms with Crippen LogP contribution in [0.3, 0.4) is 0 Å². The van der Waals surface area contributed by atoms with E-state index >= 15 is 0 Å². The van der Waals surface area contributed by atoms with Crippen molar-refractivity contribution in [3.05, 3.63) is 23.7 Å². The number of carbonyl (C=O) groups is 1. The van der Waals surface area contributed by atoms with E-state index in [4.69, 9.17) is 10.8 Å². The van der Waals surface area contributed by atoms with E-state index < -0.39 is 23.8 Å². The normalized spacial score (nSPS) is 12.7. The summed E-state index contributed by atoms with van der Waals surface area (Å²) in [5, 5.41) is 18.0. The number of hydrogen-bond acceptors (Lipinski definition) is 7. The third-order valence-electron chi connectivity index (χ3n) is 3.22. The van der Waals surface area contributed by atoms with Crippen LogP contribution in [-0.4, -0.2) is 43.9 Å². The summed E-state index contributed by atoms with van der Waals surface area (Å²) in [4.78, 5) is 18.2. The number of halogens is 3. The van der Waals surface area contributed by atoms with E-state index in [1.165, 1.54) is 17.9 Å². The minimum Gasteiger partial charge on any atom is -0.480 e. The smallest absolute Gasteiger partial charge is 0.421 e. The summed E-state index contributed by atoms with van der Waals surface area (Å²) in [6, 6.07) is -1.13. The number of nitrogens with two attached hydrogens (primary N) is 1. The van der Waals surface area contributed by atoms with Gasteiger partial charge in [0.25, 0.3) is 0 Å². The molecule has 0 saturated carbocycles. The topological polar surface area (TPSA) is 131 Å². The van der Waals surface area contributed by atoms with E-state index in [1.54, 1.807) is 6.92 Å². The van der Waals surface area contributed by atoms with Gasteiger partial charge in [-0.05, 0) is 6.92 Å². The molecule has 12 heteroatoms. The van der Waals surface area contributed by atoms with Crippen molar-refractivity contribution in [2.75, 3.05) is 17.7 Å². The van der Waals surface area contributed by atoms with E-state index in [2.05, 4.69) is 25.7 Å². The molecule has 5 N–H and O–H groups in total. The van der Waals surface area contributed by atoms with E-state index in [1.807, 2.05) is 0 Å². The Morgan fingerprint density at radius 1 is 1.48 bits per heavy atom. The number of hydrogen-bond donors (Lipinski definition) is 4. The Bertz CT molecular complexity index is 775. The third-order valence-corrected chi connectivity index (χ3v) is 3.22. The molecule has 9 nitrogen and oxygen atoms in total. The number of aromatic nitrogens is 4. The van der Waals surface area contributed by atoms with Crippen LogP contribution in [0.2, 0.25) is 0 Å². The number of aliphatic carboxylic acids is 1. The largest absolute Gasteiger partial charge is 0.480 e. The lowest BCUT2D eigenvalue weighted by atomic mass is 10.3. The first-order valence-corrected chi connectivity index (χ1v) is 7.03. The molecule has 25 heavy (non-hydrogen) atoms. The number of nitrogens with zero attached hydrogens (tertiary/aromatic N) is 4. The van der Waals surface area contributed by atoms with Gasteiger partial charge >= 0.3 is 12.1 Å². The molecule has 0 amide bonds. The van der Waals surface area contributed by atoms with Gasteiger partial charge in [-0.3, -0.25) is 9.48 Å². The van der Waals surface area contributed by atoms with Gasteiger partial charge in [-0.25, -0.2) is 4.98 Å². The van der Waals surface area contributed by atoms with Gasteiger partial charge in [0.1, 0.15) is 17.4 Å². The van der Waals surface area contributed by atoms with Crippen molar-refractivity contribution in [3.63, 3.8) is 0 Å². The van der Waals surface area contributed by atoms with Crippen molar-refractivity contribution >= 4 is 23.4 Å². The number of aryl methyl sites for hydroxylation is 1. The zero-order valence-corrected chi connectivity index (χ0v) is 13.3. The molecule has 2 aromatic heterocycles. The Labute approximate surface area is 140 Å². The summed E-state index contributed by atoms with van der Waals surface area (Å²) in [5.74, 6) is -1.61. The molecule has 1 unspecified atom stereocenters. The second-order valence-electron chi connectivity index (χ2n) is 5.12. The highest BCUT2D eigenvalue weighted by Crippen LogP contribution is 2.33. The molecule has 2 rings (SSSR count). The second-order valence-corrected chi connectivity index (χ2v) is 5.12. The maximum Gasteiger partial charge on any atom is 0.421 e. The minimum absolute atomic E-state index is 0.0620. The predicted octanol–water partition coefficient (Wildman–Crippen LogP) is 1.20. The molecule has 0 fully saturated rings. The Kier molecular flexibility index (Phi) is 5.11. The number of alkyl halides is 3. The van der Waals surface area contributed by atoms with Gasteiger partial charge in [-0.15, -0.1) is 0 Å². The second kappa shape index (κ2) is 6.93. The molecule has 0 saturated heterocycles. The number of anilines is 3. The summed E-state index contributed by atoms with van der Waals surface area (Å²) < 4.78 is 39.8. The van der Waals surface area contributed by atoms with Gasteiger partial charge in [0.2, 0.25) is 5.95 Å². The lowest BCUT2D eigenvalue weighted by molar-refractivity contribution is -0.139. The Morgan fingerprint density at radius 2 is 2.16 bits per heavy atom. The zero-order chi connectivity index (χ0) is 18.8. The van der Waals surface area contributed by atoms with E-state index in [9.17, 15) is 18.0 Å². The van der Waals surface area contributed by atoms with Crippen LogP contribution in [0, 0.1) is 6.92 Å². The Morgan fingerprint density at radius 3 is 2.72 bits per heavy atom. The highest BCUT2D eigenvalue weighted by molar-refractivity contribution is 5.73. The summed E-state index contributed by atoms with van der Waals surface area (Å²) >= 11 is 0. The van der Waals surface area contributed by atoms with E-state index in [-0.39, 0.29) is 18.3 Å². The monoisotopic (exact) mass is 359 g/mol. The van der Waals surface area contributed by atoms with Crippen molar-refractivity contribution in [1.29, 1.82) is 0 Å². The number of nitrogens with one attached hydrogen (secondary N) is 2. The highest BCUT2D eigenvalue weighted by atomic mass is 19.4. The number of rotatable bonds is 6. The van der Waals surface area contributed by atoms with E-state index in [0.29, 0.717) is 17.6 Å². The van der Waals surface area contributed by atoms with Crippen molar-refractivity contribution in [3.8, 4) is 0 Å².